The summed E-state index contributed by atoms with van der Waals surface area (Å²) in [4.78, 5) is 4.22. The molecule has 1 aromatic rings. The molecule has 0 spiro atoms. The number of nitrogens with one attached hydrogen (secondary N) is 2. The summed E-state index contributed by atoms with van der Waals surface area (Å²) in [5, 5.41) is 6.68. The molecule has 106 valence electrons. The summed E-state index contributed by atoms with van der Waals surface area (Å²) in [6.45, 7) is 1.94. The standard InChI is InChI=1S/C15H25N3S/c1-16-15(18-12-7-13-19-2)17-11-6-10-14-8-4-3-5-9-14/h3-5,8-9H,6-7,10-13H2,1-2H3,(H2,16,17,18). The van der Waals surface area contributed by atoms with Gasteiger partial charge < -0.3 is 10.6 Å². The Morgan fingerprint density at radius 2 is 1.79 bits per heavy atom. The summed E-state index contributed by atoms with van der Waals surface area (Å²) in [5.41, 5.74) is 1.40. The van der Waals surface area contributed by atoms with Gasteiger partial charge in [-0.1, -0.05) is 30.3 Å². The quantitative estimate of drug-likeness (QED) is 0.436. The van der Waals surface area contributed by atoms with E-state index in [0.29, 0.717) is 0 Å². The van der Waals surface area contributed by atoms with Crippen molar-refractivity contribution in [2.75, 3.05) is 32.1 Å². The lowest BCUT2D eigenvalue weighted by Gasteiger charge is -2.11. The molecule has 0 bridgehead atoms. The molecule has 0 aromatic heterocycles. The van der Waals surface area contributed by atoms with Gasteiger partial charge in [-0.3, -0.25) is 4.99 Å². The number of aliphatic imine (C=N–C) groups is 1. The average molecular weight is 279 g/mol. The van der Waals surface area contributed by atoms with E-state index in [0.717, 1.165) is 31.9 Å². The first-order chi connectivity index (χ1) is 9.36. The van der Waals surface area contributed by atoms with Crippen LogP contribution in [0.3, 0.4) is 0 Å². The van der Waals surface area contributed by atoms with Crippen LogP contribution in [0.4, 0.5) is 0 Å². The lowest BCUT2D eigenvalue weighted by atomic mass is 10.1. The van der Waals surface area contributed by atoms with E-state index < -0.39 is 0 Å². The molecule has 19 heavy (non-hydrogen) atoms. The number of thioether (sulfide) groups is 1. The largest absolute Gasteiger partial charge is 0.356 e. The maximum atomic E-state index is 4.22. The molecule has 0 saturated heterocycles. The highest BCUT2D eigenvalue weighted by Crippen LogP contribution is 2.01. The smallest absolute Gasteiger partial charge is 0.190 e. The van der Waals surface area contributed by atoms with Gasteiger partial charge in [0.1, 0.15) is 0 Å². The van der Waals surface area contributed by atoms with Crippen molar-refractivity contribution in [3.05, 3.63) is 35.9 Å². The molecule has 0 unspecified atom stereocenters. The van der Waals surface area contributed by atoms with Crippen molar-refractivity contribution in [2.45, 2.75) is 19.3 Å². The van der Waals surface area contributed by atoms with Gasteiger partial charge in [0.15, 0.2) is 5.96 Å². The van der Waals surface area contributed by atoms with Gasteiger partial charge in [-0.2, -0.15) is 11.8 Å². The molecule has 1 rings (SSSR count). The van der Waals surface area contributed by atoms with Crippen LogP contribution in [0, 0.1) is 0 Å². The van der Waals surface area contributed by atoms with Crippen molar-refractivity contribution in [3.63, 3.8) is 0 Å². The fraction of sp³-hybridized carbons (Fsp3) is 0.533. The van der Waals surface area contributed by atoms with E-state index in [1.807, 2.05) is 18.8 Å². The van der Waals surface area contributed by atoms with Crippen molar-refractivity contribution in [1.29, 1.82) is 0 Å². The number of aryl methyl sites for hydroxylation is 1. The number of hydrogen-bond acceptors (Lipinski definition) is 2. The van der Waals surface area contributed by atoms with Crippen LogP contribution in [-0.2, 0) is 6.42 Å². The first-order valence-electron chi connectivity index (χ1n) is 6.84. The maximum absolute atomic E-state index is 4.22. The molecule has 0 amide bonds. The highest BCUT2D eigenvalue weighted by atomic mass is 32.2. The lowest BCUT2D eigenvalue weighted by Crippen LogP contribution is -2.38. The summed E-state index contributed by atoms with van der Waals surface area (Å²) in [6, 6.07) is 10.6. The van der Waals surface area contributed by atoms with E-state index in [1.165, 1.54) is 17.7 Å². The normalized spacial score (nSPS) is 11.4. The van der Waals surface area contributed by atoms with Gasteiger partial charge in [0.05, 0.1) is 0 Å². The zero-order valence-corrected chi connectivity index (χ0v) is 12.8. The Balaban J connectivity index is 2.09. The van der Waals surface area contributed by atoms with Gasteiger partial charge in [-0.25, -0.2) is 0 Å². The predicted molar refractivity (Wildman–Crippen MR) is 87.1 cm³/mol. The van der Waals surface area contributed by atoms with E-state index in [9.17, 15) is 0 Å². The maximum Gasteiger partial charge on any atom is 0.190 e. The Morgan fingerprint density at radius 3 is 2.42 bits per heavy atom. The zero-order valence-electron chi connectivity index (χ0n) is 12.0. The number of nitrogens with zero attached hydrogens (tertiary/aromatic N) is 1. The van der Waals surface area contributed by atoms with Gasteiger partial charge in [-0.15, -0.1) is 0 Å². The molecular formula is C15H25N3S. The van der Waals surface area contributed by atoms with Crippen LogP contribution in [0.2, 0.25) is 0 Å². The zero-order chi connectivity index (χ0) is 13.8. The van der Waals surface area contributed by atoms with Crippen molar-refractivity contribution in [3.8, 4) is 0 Å². The molecule has 0 atom stereocenters. The number of rotatable bonds is 8. The fourth-order valence-corrected chi connectivity index (χ4v) is 2.22. The van der Waals surface area contributed by atoms with Crippen LogP contribution in [0.5, 0.6) is 0 Å². The molecule has 2 N–H and O–H groups in total. The summed E-state index contributed by atoms with van der Waals surface area (Å²) < 4.78 is 0. The second-order valence-electron chi connectivity index (χ2n) is 4.36. The molecule has 0 saturated carbocycles. The summed E-state index contributed by atoms with van der Waals surface area (Å²) in [7, 11) is 1.82. The van der Waals surface area contributed by atoms with Crippen molar-refractivity contribution in [1.82, 2.24) is 10.6 Å². The predicted octanol–water partition coefficient (Wildman–Crippen LogP) is 2.54. The molecule has 1 aromatic carbocycles. The summed E-state index contributed by atoms with van der Waals surface area (Å²) in [6.07, 6.45) is 5.54. The average Bonchev–Trinajstić information content (AvgIpc) is 2.46. The summed E-state index contributed by atoms with van der Waals surface area (Å²) in [5.74, 6) is 2.10. The van der Waals surface area contributed by atoms with Gasteiger partial charge >= 0.3 is 0 Å². The highest BCUT2D eigenvalue weighted by Gasteiger charge is 1.97. The molecule has 4 heteroatoms. The van der Waals surface area contributed by atoms with Crippen LogP contribution < -0.4 is 10.6 Å². The van der Waals surface area contributed by atoms with E-state index in [2.05, 4.69) is 52.2 Å². The third kappa shape index (κ3) is 7.78. The monoisotopic (exact) mass is 279 g/mol. The van der Waals surface area contributed by atoms with E-state index >= 15 is 0 Å². The molecular weight excluding hydrogens is 254 g/mol. The van der Waals surface area contributed by atoms with Crippen molar-refractivity contribution in [2.24, 2.45) is 4.99 Å². The Labute approximate surface area is 121 Å². The minimum Gasteiger partial charge on any atom is -0.356 e. The number of benzene rings is 1. The SMILES string of the molecule is CN=C(NCCCSC)NCCCc1ccccc1. The molecule has 0 fully saturated rings. The van der Waals surface area contributed by atoms with Crippen LogP contribution in [0.1, 0.15) is 18.4 Å². The number of guanidine groups is 1. The Kier molecular flexibility index (Phi) is 8.98. The van der Waals surface area contributed by atoms with Crippen LogP contribution in [0.25, 0.3) is 0 Å². The second-order valence-corrected chi connectivity index (χ2v) is 5.35. The lowest BCUT2D eigenvalue weighted by molar-refractivity contribution is 0.736. The molecule has 0 aliphatic carbocycles. The Hall–Kier alpha value is -1.16. The third-order valence-corrected chi connectivity index (χ3v) is 3.52. The second kappa shape index (κ2) is 10.7. The highest BCUT2D eigenvalue weighted by molar-refractivity contribution is 7.98. The van der Waals surface area contributed by atoms with Crippen LogP contribution >= 0.6 is 11.8 Å². The van der Waals surface area contributed by atoms with Gasteiger partial charge in [-0.05, 0) is 36.8 Å². The molecule has 3 nitrogen and oxygen atoms in total. The Morgan fingerprint density at radius 1 is 1.11 bits per heavy atom. The summed E-state index contributed by atoms with van der Waals surface area (Å²) >= 11 is 1.88. The van der Waals surface area contributed by atoms with E-state index in [-0.39, 0.29) is 0 Å². The van der Waals surface area contributed by atoms with Gasteiger partial charge in [0, 0.05) is 20.1 Å². The first-order valence-corrected chi connectivity index (χ1v) is 8.23. The molecule has 0 aliphatic heterocycles. The topological polar surface area (TPSA) is 36.4 Å². The van der Waals surface area contributed by atoms with Gasteiger partial charge in [0.25, 0.3) is 0 Å². The third-order valence-electron chi connectivity index (χ3n) is 2.82. The number of hydrogen-bond donors (Lipinski definition) is 2. The van der Waals surface area contributed by atoms with E-state index in [1.54, 1.807) is 0 Å². The Bertz CT molecular complexity index is 352. The van der Waals surface area contributed by atoms with Crippen LogP contribution in [-0.4, -0.2) is 38.1 Å². The fourth-order valence-electron chi connectivity index (χ4n) is 1.79. The van der Waals surface area contributed by atoms with Crippen molar-refractivity contribution < 1.29 is 0 Å². The minimum atomic E-state index is 0.911. The van der Waals surface area contributed by atoms with Gasteiger partial charge in [0.2, 0.25) is 0 Å². The minimum absolute atomic E-state index is 0.911. The molecule has 0 radical (unpaired) electrons. The van der Waals surface area contributed by atoms with E-state index in [4.69, 9.17) is 0 Å². The van der Waals surface area contributed by atoms with Crippen molar-refractivity contribution >= 4 is 17.7 Å². The first kappa shape index (κ1) is 15.9. The molecule has 0 aliphatic rings. The molecule has 0 heterocycles. The van der Waals surface area contributed by atoms with Crippen LogP contribution in [0.15, 0.2) is 35.3 Å².